The molecule has 5 heteroatoms. The molecule has 2 heterocycles. The molecule has 1 aliphatic rings. The summed E-state index contributed by atoms with van der Waals surface area (Å²) in [6.07, 6.45) is 0.336. The fourth-order valence-electron chi connectivity index (χ4n) is 2.88. The topological polar surface area (TPSA) is 51.4 Å². The van der Waals surface area contributed by atoms with Gasteiger partial charge >= 0.3 is 0 Å². The summed E-state index contributed by atoms with van der Waals surface area (Å²) in [7, 11) is 0. The van der Waals surface area contributed by atoms with Gasteiger partial charge in [-0.1, -0.05) is 30.4 Å². The van der Waals surface area contributed by atoms with Crippen molar-refractivity contribution in [3.8, 4) is 0 Å². The van der Waals surface area contributed by atoms with Crippen LogP contribution in [-0.2, 0) is 4.74 Å². The van der Waals surface area contributed by atoms with E-state index in [0.717, 1.165) is 35.4 Å². The van der Waals surface area contributed by atoms with Gasteiger partial charge in [0.1, 0.15) is 10.8 Å². The minimum Gasteiger partial charge on any atom is -0.389 e. The lowest BCUT2D eigenvalue weighted by Crippen LogP contribution is -2.46. The molecule has 1 aromatic heterocycles. The minimum atomic E-state index is 0.168. The third kappa shape index (κ3) is 2.84. The molecule has 2 atom stereocenters. The number of hydrogen-bond acceptors (Lipinski definition) is 4. The number of hydrogen-bond donors (Lipinski definition) is 1. The van der Waals surface area contributed by atoms with Crippen LogP contribution in [0.1, 0.15) is 19.4 Å². The number of thiocarbonyl (C=S) groups is 1. The Morgan fingerprint density at radius 2 is 1.95 bits per heavy atom. The van der Waals surface area contributed by atoms with Crippen LogP contribution < -0.4 is 10.6 Å². The fraction of sp³-hybridized carbons (Fsp3) is 0.375. The molecule has 0 spiro atoms. The van der Waals surface area contributed by atoms with Gasteiger partial charge in [0, 0.05) is 18.5 Å². The van der Waals surface area contributed by atoms with Crippen LogP contribution in [-0.4, -0.2) is 35.3 Å². The summed E-state index contributed by atoms with van der Waals surface area (Å²) in [5.74, 6) is 0.864. The zero-order chi connectivity index (χ0) is 15.0. The highest BCUT2D eigenvalue weighted by Gasteiger charge is 2.25. The van der Waals surface area contributed by atoms with Gasteiger partial charge in [0.2, 0.25) is 0 Å². The largest absolute Gasteiger partial charge is 0.389 e. The molecule has 1 aromatic carbocycles. The summed E-state index contributed by atoms with van der Waals surface area (Å²) in [5.41, 5.74) is 7.71. The Kier molecular flexibility index (Phi) is 3.78. The van der Waals surface area contributed by atoms with E-state index in [2.05, 4.69) is 18.7 Å². The molecule has 1 saturated heterocycles. The number of nitrogens with zero attached hydrogens (tertiary/aromatic N) is 2. The van der Waals surface area contributed by atoms with Gasteiger partial charge in [-0.15, -0.1) is 0 Å². The maximum Gasteiger partial charge on any atom is 0.139 e. The standard InChI is InChI=1S/C16H19N3OS/c1-10-8-19(9-11(2)20-10)16-13(15(17)21)7-12-5-3-4-6-14(12)18-16/h3-7,10-11H,8-9H2,1-2H3,(H2,17,21)/t10-,11+. The van der Waals surface area contributed by atoms with Gasteiger partial charge in [-0.05, 0) is 26.0 Å². The van der Waals surface area contributed by atoms with Crippen molar-refractivity contribution < 1.29 is 4.74 Å². The van der Waals surface area contributed by atoms with Crippen LogP contribution in [0.5, 0.6) is 0 Å². The van der Waals surface area contributed by atoms with Crippen LogP contribution in [0.3, 0.4) is 0 Å². The Labute approximate surface area is 129 Å². The first kappa shape index (κ1) is 14.2. The maximum absolute atomic E-state index is 5.92. The Bertz CT molecular complexity index is 678. The predicted octanol–water partition coefficient (Wildman–Crippen LogP) is 2.48. The molecule has 0 amide bonds. The van der Waals surface area contributed by atoms with Gasteiger partial charge in [0.05, 0.1) is 23.3 Å². The molecule has 3 rings (SSSR count). The van der Waals surface area contributed by atoms with E-state index in [1.807, 2.05) is 30.3 Å². The molecule has 21 heavy (non-hydrogen) atoms. The van der Waals surface area contributed by atoms with Crippen LogP contribution in [0.15, 0.2) is 30.3 Å². The molecule has 0 aliphatic carbocycles. The summed E-state index contributed by atoms with van der Waals surface area (Å²) in [6, 6.07) is 10.1. The predicted molar refractivity (Wildman–Crippen MR) is 89.9 cm³/mol. The summed E-state index contributed by atoms with van der Waals surface area (Å²) in [5, 5.41) is 1.05. The van der Waals surface area contributed by atoms with Gasteiger partial charge < -0.3 is 15.4 Å². The molecule has 2 aromatic rings. The summed E-state index contributed by atoms with van der Waals surface area (Å²) in [6.45, 7) is 5.74. The number of fused-ring (bicyclic) bond motifs is 1. The molecule has 0 saturated carbocycles. The van der Waals surface area contributed by atoms with Crippen molar-refractivity contribution in [1.82, 2.24) is 4.98 Å². The number of pyridine rings is 1. The van der Waals surface area contributed by atoms with Crippen molar-refractivity contribution >= 4 is 33.9 Å². The quantitative estimate of drug-likeness (QED) is 0.864. The molecular formula is C16H19N3OS. The van der Waals surface area contributed by atoms with E-state index in [0.29, 0.717) is 4.99 Å². The summed E-state index contributed by atoms with van der Waals surface area (Å²) < 4.78 is 5.79. The molecule has 1 aliphatic heterocycles. The first-order chi connectivity index (χ1) is 10.0. The summed E-state index contributed by atoms with van der Waals surface area (Å²) >= 11 is 5.22. The molecule has 1 fully saturated rings. The third-order valence-electron chi connectivity index (χ3n) is 3.69. The number of morpholine rings is 1. The second-order valence-corrected chi connectivity index (χ2v) is 6.02. The highest BCUT2D eigenvalue weighted by atomic mass is 32.1. The fourth-order valence-corrected chi connectivity index (χ4v) is 3.03. The lowest BCUT2D eigenvalue weighted by molar-refractivity contribution is -0.00544. The zero-order valence-electron chi connectivity index (χ0n) is 12.2. The smallest absolute Gasteiger partial charge is 0.139 e. The minimum absolute atomic E-state index is 0.168. The van der Waals surface area contributed by atoms with Crippen LogP contribution in [0.25, 0.3) is 10.9 Å². The Morgan fingerprint density at radius 1 is 1.29 bits per heavy atom. The summed E-state index contributed by atoms with van der Waals surface area (Å²) in [4.78, 5) is 7.40. The average molecular weight is 301 g/mol. The maximum atomic E-state index is 5.92. The Morgan fingerprint density at radius 3 is 2.62 bits per heavy atom. The Balaban J connectivity index is 2.11. The second-order valence-electron chi connectivity index (χ2n) is 5.58. The lowest BCUT2D eigenvalue weighted by atomic mass is 10.1. The second kappa shape index (κ2) is 5.58. The highest BCUT2D eigenvalue weighted by Crippen LogP contribution is 2.26. The van der Waals surface area contributed by atoms with Crippen molar-refractivity contribution in [3.05, 3.63) is 35.9 Å². The molecule has 2 N–H and O–H groups in total. The number of anilines is 1. The van der Waals surface area contributed by atoms with E-state index in [-0.39, 0.29) is 12.2 Å². The number of rotatable bonds is 2. The highest BCUT2D eigenvalue weighted by molar-refractivity contribution is 7.80. The SMILES string of the molecule is C[C@@H]1CN(c2nc3ccccc3cc2C(N)=S)C[C@H](C)O1. The Hall–Kier alpha value is -1.72. The van der Waals surface area contributed by atoms with Crippen molar-refractivity contribution in [2.24, 2.45) is 5.73 Å². The van der Waals surface area contributed by atoms with E-state index in [9.17, 15) is 0 Å². The van der Waals surface area contributed by atoms with Crippen LogP contribution in [0.2, 0.25) is 0 Å². The number of para-hydroxylation sites is 1. The number of aromatic nitrogens is 1. The normalized spacial score (nSPS) is 22.5. The van der Waals surface area contributed by atoms with Crippen molar-refractivity contribution in [2.75, 3.05) is 18.0 Å². The molecular weight excluding hydrogens is 282 g/mol. The van der Waals surface area contributed by atoms with E-state index in [4.69, 9.17) is 27.7 Å². The van der Waals surface area contributed by atoms with Gasteiger partial charge in [-0.3, -0.25) is 0 Å². The van der Waals surface area contributed by atoms with Crippen LogP contribution in [0, 0.1) is 0 Å². The van der Waals surface area contributed by atoms with Crippen molar-refractivity contribution in [3.63, 3.8) is 0 Å². The van der Waals surface area contributed by atoms with E-state index < -0.39 is 0 Å². The number of nitrogens with two attached hydrogens (primary N) is 1. The van der Waals surface area contributed by atoms with Crippen LogP contribution >= 0.6 is 12.2 Å². The van der Waals surface area contributed by atoms with Crippen molar-refractivity contribution in [2.45, 2.75) is 26.1 Å². The first-order valence-electron chi connectivity index (χ1n) is 7.14. The molecule has 0 radical (unpaired) electrons. The molecule has 0 unspecified atom stereocenters. The van der Waals surface area contributed by atoms with Crippen molar-refractivity contribution in [1.29, 1.82) is 0 Å². The van der Waals surface area contributed by atoms with E-state index >= 15 is 0 Å². The van der Waals surface area contributed by atoms with E-state index in [1.165, 1.54) is 0 Å². The van der Waals surface area contributed by atoms with Gasteiger partial charge in [0.25, 0.3) is 0 Å². The molecule has 0 bridgehead atoms. The third-order valence-corrected chi connectivity index (χ3v) is 3.91. The van der Waals surface area contributed by atoms with Gasteiger partial charge in [0.15, 0.2) is 0 Å². The number of ether oxygens (including phenoxy) is 1. The molecule has 110 valence electrons. The average Bonchev–Trinajstić information content (AvgIpc) is 2.44. The van der Waals surface area contributed by atoms with Gasteiger partial charge in [-0.2, -0.15) is 0 Å². The lowest BCUT2D eigenvalue weighted by Gasteiger charge is -2.37. The number of benzene rings is 1. The van der Waals surface area contributed by atoms with Crippen LogP contribution in [0.4, 0.5) is 5.82 Å². The zero-order valence-corrected chi connectivity index (χ0v) is 13.1. The molecule has 4 nitrogen and oxygen atoms in total. The van der Waals surface area contributed by atoms with E-state index in [1.54, 1.807) is 0 Å². The van der Waals surface area contributed by atoms with Gasteiger partial charge in [-0.25, -0.2) is 4.98 Å². The monoisotopic (exact) mass is 301 g/mol. The first-order valence-corrected chi connectivity index (χ1v) is 7.55.